The van der Waals surface area contributed by atoms with Gasteiger partial charge < -0.3 is 28.4 Å². The average molecular weight is 445 g/mol. The second kappa shape index (κ2) is 10.7. The molecule has 0 aromatic rings. The topological polar surface area (TPSA) is 107 Å². The van der Waals surface area contributed by atoms with Gasteiger partial charge in [-0.3, -0.25) is 14.4 Å². The molecule has 9 heteroatoms. The maximum atomic E-state index is 11.8. The van der Waals surface area contributed by atoms with Crippen LogP contribution in [0.1, 0.15) is 55.4 Å². The molecule has 4 unspecified atom stereocenters. The first-order valence-corrected chi connectivity index (χ1v) is 10.9. The van der Waals surface area contributed by atoms with Crippen LogP contribution in [0.2, 0.25) is 0 Å². The Labute approximate surface area is 184 Å². The van der Waals surface area contributed by atoms with Crippen molar-refractivity contribution in [3.63, 3.8) is 0 Å². The van der Waals surface area contributed by atoms with Crippen molar-refractivity contribution in [3.8, 4) is 0 Å². The summed E-state index contributed by atoms with van der Waals surface area (Å²) in [4.78, 5) is 34.5. The average Bonchev–Trinajstić information content (AvgIpc) is 2.66. The molecule has 2 heterocycles. The summed E-state index contributed by atoms with van der Waals surface area (Å²) in [6, 6.07) is 0. The fourth-order valence-corrected chi connectivity index (χ4v) is 4.17. The van der Waals surface area contributed by atoms with Crippen LogP contribution in [-0.2, 0) is 42.8 Å². The molecule has 0 amide bonds. The summed E-state index contributed by atoms with van der Waals surface area (Å²) in [5.41, 5.74) is 0. The molecule has 10 atom stereocenters. The van der Waals surface area contributed by atoms with Crippen LogP contribution in [0.3, 0.4) is 0 Å². The number of ether oxygens (including phenoxy) is 6. The molecule has 178 valence electrons. The van der Waals surface area contributed by atoms with Crippen LogP contribution >= 0.6 is 0 Å². The van der Waals surface area contributed by atoms with Crippen molar-refractivity contribution >= 4 is 17.9 Å². The van der Waals surface area contributed by atoms with Gasteiger partial charge in [-0.2, -0.15) is 0 Å². The smallest absolute Gasteiger partial charge is 0.304 e. The molecular formula is C22H36O9. The number of rotatable bonds is 6. The zero-order valence-electron chi connectivity index (χ0n) is 19.7. The summed E-state index contributed by atoms with van der Waals surface area (Å²) >= 11 is 0. The van der Waals surface area contributed by atoms with E-state index in [1.165, 1.54) is 20.8 Å². The Hall–Kier alpha value is -1.71. The molecule has 0 aliphatic carbocycles. The van der Waals surface area contributed by atoms with Gasteiger partial charge in [-0.1, -0.05) is 27.7 Å². The van der Waals surface area contributed by atoms with Crippen LogP contribution in [0, 0.1) is 23.7 Å². The monoisotopic (exact) mass is 444 g/mol. The first kappa shape index (κ1) is 25.5. The molecule has 2 aliphatic rings. The fraction of sp³-hybridized carbons (Fsp3) is 0.864. The van der Waals surface area contributed by atoms with E-state index in [1.54, 1.807) is 13.8 Å². The Bertz CT molecular complexity index is 651. The van der Waals surface area contributed by atoms with Gasteiger partial charge in [-0.15, -0.1) is 0 Å². The van der Waals surface area contributed by atoms with E-state index < -0.39 is 48.7 Å². The summed E-state index contributed by atoms with van der Waals surface area (Å²) in [7, 11) is 0. The second-order valence-electron chi connectivity index (χ2n) is 8.78. The van der Waals surface area contributed by atoms with Gasteiger partial charge in [0.15, 0.2) is 6.29 Å². The van der Waals surface area contributed by atoms with Gasteiger partial charge in [0.2, 0.25) is 6.29 Å². The minimum Gasteiger partial charge on any atom is -0.463 e. The number of hydrogen-bond donors (Lipinski definition) is 0. The SMILES string of the molecule is CC(=O)OCC1O[C@@H](O[C@@H]2C(C)O[C@@H](OC(C)=O)C(C)[C@@H]2OC(C)=O)C(C)[C@@H](C)[C@@H]1C. The van der Waals surface area contributed by atoms with Gasteiger partial charge in [-0.05, 0) is 18.8 Å². The molecule has 0 bridgehead atoms. The Morgan fingerprint density at radius 1 is 0.677 bits per heavy atom. The molecule has 9 nitrogen and oxygen atoms in total. The lowest BCUT2D eigenvalue weighted by Crippen LogP contribution is -2.59. The van der Waals surface area contributed by atoms with Crippen LogP contribution in [0.25, 0.3) is 0 Å². The molecule has 0 spiro atoms. The van der Waals surface area contributed by atoms with E-state index in [9.17, 15) is 14.4 Å². The maximum absolute atomic E-state index is 11.8. The van der Waals surface area contributed by atoms with E-state index >= 15 is 0 Å². The maximum Gasteiger partial charge on any atom is 0.304 e. The summed E-state index contributed by atoms with van der Waals surface area (Å²) in [6.45, 7) is 13.9. The molecule has 0 radical (unpaired) electrons. The Morgan fingerprint density at radius 3 is 1.84 bits per heavy atom. The molecule has 2 aliphatic heterocycles. The van der Waals surface area contributed by atoms with Gasteiger partial charge in [0.05, 0.1) is 18.1 Å². The van der Waals surface area contributed by atoms with Gasteiger partial charge >= 0.3 is 17.9 Å². The lowest BCUT2D eigenvalue weighted by atomic mass is 9.79. The third kappa shape index (κ3) is 6.40. The van der Waals surface area contributed by atoms with E-state index in [0.717, 1.165) is 0 Å². The molecule has 0 aromatic carbocycles. The van der Waals surface area contributed by atoms with E-state index in [0.29, 0.717) is 0 Å². The lowest BCUT2D eigenvalue weighted by molar-refractivity contribution is -0.328. The van der Waals surface area contributed by atoms with Crippen molar-refractivity contribution in [3.05, 3.63) is 0 Å². The summed E-state index contributed by atoms with van der Waals surface area (Å²) in [5.74, 6) is -1.33. The number of carbonyl (C=O) groups excluding carboxylic acids is 3. The van der Waals surface area contributed by atoms with Gasteiger partial charge in [-0.25, -0.2) is 0 Å². The molecule has 0 N–H and O–H groups in total. The van der Waals surface area contributed by atoms with Crippen LogP contribution in [0.4, 0.5) is 0 Å². The standard InChI is InChI=1S/C22H36O9/c1-10-11(2)18(9-26-15(6)23)30-21(12(10)3)31-20-14(5)27-22(29-17(8)25)13(4)19(20)28-16(7)24/h10-14,18-22H,9H2,1-8H3/t10-,11-,12?,13?,14?,18?,19-,20+,21-,22-/m0/s1. The van der Waals surface area contributed by atoms with Gasteiger partial charge in [0.25, 0.3) is 0 Å². The zero-order chi connectivity index (χ0) is 23.5. The highest BCUT2D eigenvalue weighted by Gasteiger charge is 2.49. The Kier molecular flexibility index (Phi) is 8.85. The summed E-state index contributed by atoms with van der Waals surface area (Å²) in [6.07, 6.45) is -3.63. The number of esters is 3. The van der Waals surface area contributed by atoms with Crippen LogP contribution in [-0.4, -0.2) is 61.5 Å². The third-order valence-corrected chi connectivity index (χ3v) is 6.39. The predicted octanol–water partition coefficient (Wildman–Crippen LogP) is 2.44. The highest BCUT2D eigenvalue weighted by Crippen LogP contribution is 2.39. The quantitative estimate of drug-likeness (QED) is 0.451. The minimum atomic E-state index is -0.850. The largest absolute Gasteiger partial charge is 0.463 e. The first-order chi connectivity index (χ1) is 14.4. The molecule has 31 heavy (non-hydrogen) atoms. The summed E-state index contributed by atoms with van der Waals surface area (Å²) < 4.78 is 34.4. The van der Waals surface area contributed by atoms with Crippen molar-refractivity contribution in [2.45, 2.75) is 92.4 Å². The molecule has 0 aromatic heterocycles. The first-order valence-electron chi connectivity index (χ1n) is 10.9. The van der Waals surface area contributed by atoms with Crippen molar-refractivity contribution in [2.24, 2.45) is 23.7 Å². The van der Waals surface area contributed by atoms with Gasteiger partial charge in [0.1, 0.15) is 18.8 Å². The van der Waals surface area contributed by atoms with Crippen molar-refractivity contribution < 1.29 is 42.8 Å². The second-order valence-corrected chi connectivity index (χ2v) is 8.78. The molecule has 0 saturated carbocycles. The lowest BCUT2D eigenvalue weighted by Gasteiger charge is -2.48. The Morgan fingerprint density at radius 2 is 1.29 bits per heavy atom. The molecule has 2 saturated heterocycles. The van der Waals surface area contributed by atoms with E-state index in [4.69, 9.17) is 28.4 Å². The van der Waals surface area contributed by atoms with Crippen molar-refractivity contribution in [1.82, 2.24) is 0 Å². The summed E-state index contributed by atoms with van der Waals surface area (Å²) in [5, 5.41) is 0. The van der Waals surface area contributed by atoms with Crippen molar-refractivity contribution in [2.75, 3.05) is 6.61 Å². The molecule has 2 rings (SSSR count). The zero-order valence-corrected chi connectivity index (χ0v) is 19.7. The van der Waals surface area contributed by atoms with Gasteiger partial charge in [0, 0.05) is 26.7 Å². The fourth-order valence-electron chi connectivity index (χ4n) is 4.17. The van der Waals surface area contributed by atoms with Crippen molar-refractivity contribution in [1.29, 1.82) is 0 Å². The van der Waals surface area contributed by atoms with Crippen LogP contribution < -0.4 is 0 Å². The highest BCUT2D eigenvalue weighted by molar-refractivity contribution is 5.67. The number of carbonyl (C=O) groups is 3. The van der Waals surface area contributed by atoms with Crippen LogP contribution in [0.15, 0.2) is 0 Å². The third-order valence-electron chi connectivity index (χ3n) is 6.39. The minimum absolute atomic E-state index is 0.0373. The highest BCUT2D eigenvalue weighted by atomic mass is 16.7. The van der Waals surface area contributed by atoms with Crippen LogP contribution in [0.5, 0.6) is 0 Å². The van der Waals surface area contributed by atoms with E-state index in [2.05, 4.69) is 13.8 Å². The molecule has 2 fully saturated rings. The molecular weight excluding hydrogens is 408 g/mol. The predicted molar refractivity (Wildman–Crippen MR) is 108 cm³/mol. The number of hydrogen-bond acceptors (Lipinski definition) is 9. The van der Waals surface area contributed by atoms with E-state index in [1.807, 2.05) is 6.92 Å². The van der Waals surface area contributed by atoms with E-state index in [-0.39, 0.29) is 36.4 Å². The normalized spacial score (nSPS) is 40.6. The Balaban J connectivity index is 2.20.